The van der Waals surface area contributed by atoms with Crippen LogP contribution in [0, 0.1) is 11.8 Å². The van der Waals surface area contributed by atoms with Gasteiger partial charge in [0.15, 0.2) is 0 Å². The molecule has 0 spiro atoms. The van der Waals surface area contributed by atoms with Crippen molar-refractivity contribution in [1.29, 1.82) is 0 Å². The van der Waals surface area contributed by atoms with Gasteiger partial charge in [0, 0.05) is 18.8 Å². The van der Waals surface area contributed by atoms with Crippen molar-refractivity contribution < 1.29 is 0 Å². The van der Waals surface area contributed by atoms with Gasteiger partial charge >= 0.3 is 0 Å². The molecule has 0 fully saturated rings. The fourth-order valence-electron chi connectivity index (χ4n) is 0.619. The molecule has 0 atom stereocenters. The van der Waals surface area contributed by atoms with E-state index >= 15 is 0 Å². The Hall–Kier alpha value is -0.900. The molecule has 0 amide bonds. The zero-order valence-corrected chi connectivity index (χ0v) is 5.02. The number of hydrogen-bond acceptors (Lipinski definition) is 1. The summed E-state index contributed by atoms with van der Waals surface area (Å²) in [5.41, 5.74) is 0. The first-order chi connectivity index (χ1) is 3.93. The van der Waals surface area contributed by atoms with Crippen LogP contribution in [-0.2, 0) is 0 Å². The van der Waals surface area contributed by atoms with Gasteiger partial charge in [0.05, 0.1) is 6.54 Å². The summed E-state index contributed by atoms with van der Waals surface area (Å²) in [6, 6.07) is 0. The monoisotopic (exact) mass is 107 g/mol. The van der Waals surface area contributed by atoms with Gasteiger partial charge in [0.1, 0.15) is 0 Å². The minimum atomic E-state index is 0.896. The molecule has 0 saturated carbocycles. The van der Waals surface area contributed by atoms with Gasteiger partial charge < -0.3 is 4.90 Å². The van der Waals surface area contributed by atoms with E-state index in [-0.39, 0.29) is 0 Å². The minimum absolute atomic E-state index is 0.896. The fraction of sp³-hybridized carbons (Fsp3) is 0.429. The maximum absolute atomic E-state index is 2.97. The summed E-state index contributed by atoms with van der Waals surface area (Å²) >= 11 is 0. The van der Waals surface area contributed by atoms with E-state index in [1.165, 1.54) is 0 Å². The highest BCUT2D eigenvalue weighted by atomic mass is 15.1. The molecule has 42 valence electrons. The molecule has 0 radical (unpaired) electrons. The molecular weight excluding hydrogens is 98.1 g/mol. The number of nitrogens with zero attached hydrogens (tertiary/aromatic N) is 1. The molecule has 1 heteroatoms. The van der Waals surface area contributed by atoms with Crippen molar-refractivity contribution in [2.75, 3.05) is 13.1 Å². The quantitative estimate of drug-likeness (QED) is 0.449. The molecule has 0 aromatic carbocycles. The molecule has 0 aliphatic carbocycles. The molecular formula is C7H9N. The zero-order valence-electron chi connectivity index (χ0n) is 5.02. The number of allylic oxidation sites excluding steroid dienone is 1. The highest BCUT2D eigenvalue weighted by Gasteiger charge is 1.91. The predicted molar refractivity (Wildman–Crippen MR) is 34.2 cm³/mol. The number of hydrogen-bond donors (Lipinski definition) is 0. The predicted octanol–water partition coefficient (Wildman–Crippen LogP) is 0.839. The summed E-state index contributed by atoms with van der Waals surface area (Å²) in [6.07, 6.45) is 3.91. The molecule has 1 rings (SSSR count). The lowest BCUT2D eigenvalue weighted by atomic mass is 10.4. The number of rotatable bonds is 1. The van der Waals surface area contributed by atoms with Crippen LogP contribution in [0.4, 0.5) is 0 Å². The highest BCUT2D eigenvalue weighted by Crippen LogP contribution is 1.90. The molecule has 1 aliphatic rings. The Bertz CT molecular complexity index is 148. The fourth-order valence-corrected chi connectivity index (χ4v) is 0.619. The van der Waals surface area contributed by atoms with Crippen molar-refractivity contribution in [3.63, 3.8) is 0 Å². The van der Waals surface area contributed by atoms with Gasteiger partial charge in [-0.3, -0.25) is 0 Å². The topological polar surface area (TPSA) is 3.24 Å². The molecule has 0 aromatic heterocycles. The summed E-state index contributed by atoms with van der Waals surface area (Å²) in [6.45, 7) is 4.08. The Kier molecular flexibility index (Phi) is 1.58. The molecule has 1 nitrogen and oxygen atoms in total. The van der Waals surface area contributed by atoms with Crippen LogP contribution in [0.25, 0.3) is 0 Å². The van der Waals surface area contributed by atoms with Gasteiger partial charge in [0.2, 0.25) is 0 Å². The summed E-state index contributed by atoms with van der Waals surface area (Å²) < 4.78 is 0. The third-order valence-corrected chi connectivity index (χ3v) is 1.16. The average Bonchev–Trinajstić information content (AvgIpc) is 1.90. The van der Waals surface area contributed by atoms with Crippen LogP contribution in [0.15, 0.2) is 12.3 Å². The smallest absolute Gasteiger partial charge is 0.0792 e. The lowest BCUT2D eigenvalue weighted by molar-refractivity contribution is 0.444. The molecule has 8 heavy (non-hydrogen) atoms. The van der Waals surface area contributed by atoms with E-state index in [1.807, 2.05) is 12.3 Å². The molecule has 0 bridgehead atoms. The van der Waals surface area contributed by atoms with Gasteiger partial charge in [-0.1, -0.05) is 11.8 Å². The summed E-state index contributed by atoms with van der Waals surface area (Å²) in [4.78, 5) is 2.16. The molecule has 1 aliphatic heterocycles. The van der Waals surface area contributed by atoms with Crippen LogP contribution in [-0.4, -0.2) is 18.0 Å². The Labute approximate surface area is 50.0 Å². The third kappa shape index (κ3) is 1.04. The standard InChI is InChI=1S/C7H9N/c1-2-8-6-4-3-5-7-8/h4,6H,2,7H2,1H3. The summed E-state index contributed by atoms with van der Waals surface area (Å²) in [7, 11) is 0. The van der Waals surface area contributed by atoms with Crippen LogP contribution < -0.4 is 0 Å². The van der Waals surface area contributed by atoms with Gasteiger partial charge in [-0.05, 0) is 6.92 Å². The largest absolute Gasteiger partial charge is 0.366 e. The minimum Gasteiger partial charge on any atom is -0.366 e. The van der Waals surface area contributed by atoms with E-state index in [0.29, 0.717) is 0 Å². The van der Waals surface area contributed by atoms with Crippen molar-refractivity contribution in [2.24, 2.45) is 0 Å². The second-order valence-corrected chi connectivity index (χ2v) is 1.70. The molecule has 0 unspecified atom stereocenters. The van der Waals surface area contributed by atoms with Crippen LogP contribution in [0.3, 0.4) is 0 Å². The summed E-state index contributed by atoms with van der Waals surface area (Å²) in [5, 5.41) is 0. The molecule has 1 heterocycles. The van der Waals surface area contributed by atoms with Gasteiger partial charge in [0.25, 0.3) is 0 Å². The Morgan fingerprint density at radius 3 is 3.00 bits per heavy atom. The van der Waals surface area contributed by atoms with E-state index in [0.717, 1.165) is 13.1 Å². The van der Waals surface area contributed by atoms with E-state index in [2.05, 4.69) is 23.7 Å². The molecule has 0 aromatic rings. The Balaban J connectivity index is 2.46. The third-order valence-electron chi connectivity index (χ3n) is 1.16. The maximum Gasteiger partial charge on any atom is 0.0792 e. The summed E-state index contributed by atoms with van der Waals surface area (Å²) in [5.74, 6) is 5.85. The van der Waals surface area contributed by atoms with E-state index < -0.39 is 0 Å². The van der Waals surface area contributed by atoms with E-state index in [9.17, 15) is 0 Å². The van der Waals surface area contributed by atoms with Crippen LogP contribution in [0.1, 0.15) is 6.92 Å². The SMILES string of the molecule is CCN1C=CC#CC1. The Morgan fingerprint density at radius 1 is 1.75 bits per heavy atom. The Morgan fingerprint density at radius 2 is 2.62 bits per heavy atom. The van der Waals surface area contributed by atoms with Crippen molar-refractivity contribution in [3.8, 4) is 11.8 Å². The van der Waals surface area contributed by atoms with Crippen LogP contribution in [0.5, 0.6) is 0 Å². The van der Waals surface area contributed by atoms with E-state index in [4.69, 9.17) is 0 Å². The van der Waals surface area contributed by atoms with Crippen molar-refractivity contribution in [3.05, 3.63) is 12.3 Å². The lowest BCUT2D eigenvalue weighted by Gasteiger charge is -2.14. The van der Waals surface area contributed by atoms with Crippen LogP contribution in [0.2, 0.25) is 0 Å². The average molecular weight is 107 g/mol. The molecule has 0 saturated heterocycles. The highest BCUT2D eigenvalue weighted by molar-refractivity contribution is 5.20. The first-order valence-electron chi connectivity index (χ1n) is 2.82. The molecule has 0 N–H and O–H groups in total. The zero-order chi connectivity index (χ0) is 5.82. The first-order valence-corrected chi connectivity index (χ1v) is 2.82. The second kappa shape index (κ2) is 2.42. The first kappa shape index (κ1) is 5.24. The van der Waals surface area contributed by atoms with E-state index in [1.54, 1.807) is 0 Å². The lowest BCUT2D eigenvalue weighted by Crippen LogP contribution is -2.17. The van der Waals surface area contributed by atoms with Crippen molar-refractivity contribution >= 4 is 0 Å². The van der Waals surface area contributed by atoms with Gasteiger partial charge in [-0.25, -0.2) is 0 Å². The second-order valence-electron chi connectivity index (χ2n) is 1.70. The maximum atomic E-state index is 2.97. The normalized spacial score (nSPS) is 15.4. The van der Waals surface area contributed by atoms with Crippen LogP contribution >= 0.6 is 0 Å². The van der Waals surface area contributed by atoms with Gasteiger partial charge in [-0.2, -0.15) is 0 Å². The van der Waals surface area contributed by atoms with Crippen molar-refractivity contribution in [1.82, 2.24) is 4.90 Å². The van der Waals surface area contributed by atoms with Gasteiger partial charge in [-0.15, -0.1) is 0 Å². The van der Waals surface area contributed by atoms with Crippen molar-refractivity contribution in [2.45, 2.75) is 6.92 Å².